The van der Waals surface area contributed by atoms with Crippen LogP contribution in [0.1, 0.15) is 24.2 Å². The van der Waals surface area contributed by atoms with Gasteiger partial charge in [-0.1, -0.05) is 6.07 Å². The normalized spacial score (nSPS) is 14.1. The highest BCUT2D eigenvalue weighted by atomic mass is 19.4. The van der Waals surface area contributed by atoms with Gasteiger partial charge in [0.05, 0.1) is 5.56 Å². The summed E-state index contributed by atoms with van der Waals surface area (Å²) in [6.45, 7) is 1.06. The van der Waals surface area contributed by atoms with Crippen molar-refractivity contribution in [3.63, 3.8) is 0 Å². The van der Waals surface area contributed by atoms with Crippen LogP contribution >= 0.6 is 0 Å². The van der Waals surface area contributed by atoms with E-state index in [2.05, 4.69) is 0 Å². The predicted molar refractivity (Wildman–Crippen MR) is 40.9 cm³/mol. The Kier molecular flexibility index (Phi) is 2.78. The Morgan fingerprint density at radius 2 is 1.79 bits per heavy atom. The van der Waals surface area contributed by atoms with Crippen LogP contribution in [0.3, 0.4) is 0 Å². The molecular formula is C9H7F5. The van der Waals surface area contributed by atoms with Crippen molar-refractivity contribution in [1.82, 2.24) is 0 Å². The van der Waals surface area contributed by atoms with Crippen molar-refractivity contribution < 1.29 is 22.0 Å². The first-order chi connectivity index (χ1) is 6.32. The summed E-state index contributed by atoms with van der Waals surface area (Å²) in [5.41, 5.74) is -1.47. The number of hydrogen-bond donors (Lipinski definition) is 0. The molecule has 0 fully saturated rings. The van der Waals surface area contributed by atoms with Crippen molar-refractivity contribution >= 4 is 0 Å². The Balaban J connectivity index is 3.13. The van der Waals surface area contributed by atoms with Crippen LogP contribution in [0.25, 0.3) is 0 Å². The summed E-state index contributed by atoms with van der Waals surface area (Å²) < 4.78 is 61.6. The minimum Gasteiger partial charge on any atom is -0.242 e. The molecule has 0 aromatic heterocycles. The fourth-order valence-corrected chi connectivity index (χ4v) is 1.03. The fourth-order valence-electron chi connectivity index (χ4n) is 1.03. The highest BCUT2D eigenvalue weighted by Crippen LogP contribution is 2.31. The summed E-state index contributed by atoms with van der Waals surface area (Å²) in [5.74, 6) is -1.17. The number of benzene rings is 1. The van der Waals surface area contributed by atoms with E-state index in [1.165, 1.54) is 0 Å². The molecule has 1 rings (SSSR count). The van der Waals surface area contributed by atoms with Gasteiger partial charge in [0.2, 0.25) is 0 Å². The lowest BCUT2D eigenvalue weighted by Gasteiger charge is -2.09. The molecule has 78 valence electrons. The van der Waals surface area contributed by atoms with Crippen LogP contribution in [-0.2, 0) is 6.18 Å². The van der Waals surface area contributed by atoms with E-state index in [0.29, 0.717) is 12.1 Å². The van der Waals surface area contributed by atoms with Gasteiger partial charge in [-0.3, -0.25) is 0 Å². The number of rotatable bonds is 1. The van der Waals surface area contributed by atoms with Crippen LogP contribution in [0.4, 0.5) is 22.0 Å². The summed E-state index contributed by atoms with van der Waals surface area (Å²) in [6.07, 6.45) is -6.21. The summed E-state index contributed by atoms with van der Waals surface area (Å²) in [5, 5.41) is 0. The van der Waals surface area contributed by atoms with Gasteiger partial charge in [-0.2, -0.15) is 13.2 Å². The van der Waals surface area contributed by atoms with Gasteiger partial charge in [-0.25, -0.2) is 8.78 Å². The summed E-state index contributed by atoms with van der Waals surface area (Å²) in [4.78, 5) is 0. The molecule has 0 aliphatic heterocycles. The highest BCUT2D eigenvalue weighted by Gasteiger charge is 2.31. The molecule has 0 saturated heterocycles. The third kappa shape index (κ3) is 2.21. The van der Waals surface area contributed by atoms with E-state index < -0.39 is 23.7 Å². The van der Waals surface area contributed by atoms with Crippen molar-refractivity contribution in [2.75, 3.05) is 0 Å². The molecule has 0 nitrogen and oxygen atoms in total. The average Bonchev–Trinajstić information content (AvgIpc) is 2.01. The topological polar surface area (TPSA) is 0 Å². The predicted octanol–water partition coefficient (Wildman–Crippen LogP) is 3.88. The number of halogens is 5. The smallest absolute Gasteiger partial charge is 0.242 e. The van der Waals surface area contributed by atoms with E-state index in [0.717, 1.165) is 13.0 Å². The Morgan fingerprint density at radius 1 is 1.21 bits per heavy atom. The van der Waals surface area contributed by atoms with E-state index in [-0.39, 0.29) is 5.56 Å². The van der Waals surface area contributed by atoms with Crippen LogP contribution in [0.2, 0.25) is 0 Å². The standard InChI is InChI=1S/C9H7F5/c1-5(10)7-3-2-6(4-8(7)11)9(12,13)14/h2-5H,1H3. The second kappa shape index (κ2) is 3.55. The quantitative estimate of drug-likeness (QED) is 0.617. The largest absolute Gasteiger partial charge is 0.416 e. The maximum Gasteiger partial charge on any atom is 0.416 e. The summed E-state index contributed by atoms with van der Waals surface area (Å²) in [6, 6.07) is 1.77. The van der Waals surface area contributed by atoms with Gasteiger partial charge >= 0.3 is 6.18 Å². The molecule has 1 atom stereocenters. The van der Waals surface area contributed by atoms with Crippen molar-refractivity contribution in [2.45, 2.75) is 19.3 Å². The van der Waals surface area contributed by atoms with Gasteiger partial charge in [0.15, 0.2) is 0 Å². The van der Waals surface area contributed by atoms with E-state index in [4.69, 9.17) is 0 Å². The van der Waals surface area contributed by atoms with Gasteiger partial charge in [-0.15, -0.1) is 0 Å². The molecule has 0 aliphatic carbocycles. The third-order valence-corrected chi connectivity index (χ3v) is 1.76. The van der Waals surface area contributed by atoms with Gasteiger partial charge in [0.25, 0.3) is 0 Å². The Hall–Kier alpha value is -1.13. The summed E-state index contributed by atoms with van der Waals surface area (Å²) in [7, 11) is 0. The van der Waals surface area contributed by atoms with E-state index in [9.17, 15) is 22.0 Å². The zero-order valence-corrected chi connectivity index (χ0v) is 7.20. The molecule has 1 unspecified atom stereocenters. The van der Waals surface area contributed by atoms with Gasteiger partial charge in [0.1, 0.15) is 12.0 Å². The first-order valence-electron chi connectivity index (χ1n) is 3.83. The molecule has 14 heavy (non-hydrogen) atoms. The maximum absolute atomic E-state index is 12.9. The maximum atomic E-state index is 12.9. The number of alkyl halides is 4. The van der Waals surface area contributed by atoms with Crippen molar-refractivity contribution in [3.05, 3.63) is 35.1 Å². The number of hydrogen-bond acceptors (Lipinski definition) is 0. The van der Waals surface area contributed by atoms with Crippen molar-refractivity contribution in [3.8, 4) is 0 Å². The lowest BCUT2D eigenvalue weighted by atomic mass is 10.1. The minimum atomic E-state index is -4.60. The zero-order chi connectivity index (χ0) is 10.9. The molecule has 0 bridgehead atoms. The Bertz CT molecular complexity index is 326. The molecule has 0 aliphatic rings. The van der Waals surface area contributed by atoms with Gasteiger partial charge in [0, 0.05) is 5.56 Å². The van der Waals surface area contributed by atoms with Crippen LogP contribution in [0.5, 0.6) is 0 Å². The van der Waals surface area contributed by atoms with Gasteiger partial charge < -0.3 is 0 Å². The van der Waals surface area contributed by atoms with Crippen LogP contribution in [0.15, 0.2) is 18.2 Å². The molecule has 5 heteroatoms. The summed E-state index contributed by atoms with van der Waals surface area (Å²) >= 11 is 0. The Morgan fingerprint density at radius 3 is 2.14 bits per heavy atom. The molecule has 1 aromatic carbocycles. The van der Waals surface area contributed by atoms with Gasteiger partial charge in [-0.05, 0) is 19.1 Å². The molecule has 0 radical (unpaired) electrons. The molecule has 0 N–H and O–H groups in total. The minimum absolute atomic E-state index is 0.297. The van der Waals surface area contributed by atoms with Crippen molar-refractivity contribution in [1.29, 1.82) is 0 Å². The molecule has 0 saturated carbocycles. The first kappa shape index (κ1) is 10.9. The molecule has 0 spiro atoms. The first-order valence-corrected chi connectivity index (χ1v) is 3.83. The SMILES string of the molecule is CC(F)c1ccc(C(F)(F)F)cc1F. The molecule has 0 heterocycles. The lowest BCUT2D eigenvalue weighted by Crippen LogP contribution is -2.06. The van der Waals surface area contributed by atoms with Crippen LogP contribution in [-0.4, -0.2) is 0 Å². The molecule has 0 amide bonds. The monoisotopic (exact) mass is 210 g/mol. The van der Waals surface area contributed by atoms with E-state index in [1.54, 1.807) is 0 Å². The van der Waals surface area contributed by atoms with Crippen LogP contribution in [0, 0.1) is 5.82 Å². The zero-order valence-electron chi connectivity index (χ0n) is 7.20. The van der Waals surface area contributed by atoms with Crippen molar-refractivity contribution in [2.24, 2.45) is 0 Å². The lowest BCUT2D eigenvalue weighted by molar-refractivity contribution is -0.137. The van der Waals surface area contributed by atoms with Crippen LogP contribution < -0.4 is 0 Å². The van der Waals surface area contributed by atoms with E-state index in [1.807, 2.05) is 0 Å². The fraction of sp³-hybridized carbons (Fsp3) is 0.333. The molecule has 1 aromatic rings. The highest BCUT2D eigenvalue weighted by molar-refractivity contribution is 5.27. The van der Waals surface area contributed by atoms with E-state index >= 15 is 0 Å². The second-order valence-corrected chi connectivity index (χ2v) is 2.85. The average molecular weight is 210 g/mol. The molecular weight excluding hydrogens is 203 g/mol. The third-order valence-electron chi connectivity index (χ3n) is 1.76. The second-order valence-electron chi connectivity index (χ2n) is 2.85. The Labute approximate surface area is 77.4 Å².